The Morgan fingerprint density at radius 1 is 0.923 bits per heavy atom. The van der Waals surface area contributed by atoms with Crippen LogP contribution < -0.4 is 10.5 Å². The minimum Gasteiger partial charge on any atom is -0.489 e. The normalized spacial score (nSPS) is 15.6. The lowest BCUT2D eigenvalue weighted by Crippen LogP contribution is -2.17. The van der Waals surface area contributed by atoms with Gasteiger partial charge >= 0.3 is 0 Å². The maximum atomic E-state index is 14.5. The fourth-order valence-corrected chi connectivity index (χ4v) is 3.49. The number of halogens is 2. The van der Waals surface area contributed by atoms with Crippen LogP contribution >= 0.6 is 0 Å². The molecule has 0 amide bonds. The Balaban J connectivity index is 1.88. The molecular formula is C22H19F2NO. The van der Waals surface area contributed by atoms with Crippen molar-refractivity contribution >= 4 is 0 Å². The van der Waals surface area contributed by atoms with Gasteiger partial charge in [-0.1, -0.05) is 30.3 Å². The van der Waals surface area contributed by atoms with Crippen LogP contribution in [0, 0.1) is 11.6 Å². The molecule has 0 radical (unpaired) electrons. The van der Waals surface area contributed by atoms with E-state index in [1.165, 1.54) is 12.1 Å². The van der Waals surface area contributed by atoms with Gasteiger partial charge in [0.15, 0.2) is 0 Å². The van der Waals surface area contributed by atoms with E-state index in [9.17, 15) is 8.78 Å². The molecule has 4 rings (SSSR count). The van der Waals surface area contributed by atoms with Crippen molar-refractivity contribution in [3.05, 3.63) is 77.9 Å². The zero-order chi connectivity index (χ0) is 18.1. The molecule has 3 aromatic rings. The van der Waals surface area contributed by atoms with E-state index in [0.717, 1.165) is 35.6 Å². The first-order valence-corrected chi connectivity index (χ1v) is 8.70. The van der Waals surface area contributed by atoms with E-state index in [-0.39, 0.29) is 6.10 Å². The van der Waals surface area contributed by atoms with Gasteiger partial charge in [0.05, 0.1) is 0 Å². The lowest BCUT2D eigenvalue weighted by atomic mass is 9.94. The maximum Gasteiger partial charge on any atom is 0.134 e. The Bertz CT molecular complexity index is 940. The summed E-state index contributed by atoms with van der Waals surface area (Å²) in [6.45, 7) is 0.532. The highest BCUT2D eigenvalue weighted by molar-refractivity contribution is 5.80. The molecule has 0 spiro atoms. The average molecular weight is 351 g/mol. The average Bonchev–Trinajstić information content (AvgIpc) is 3.05. The van der Waals surface area contributed by atoms with Gasteiger partial charge in [-0.15, -0.1) is 0 Å². The van der Waals surface area contributed by atoms with Gasteiger partial charge in [-0.05, 0) is 53.9 Å². The zero-order valence-corrected chi connectivity index (χ0v) is 14.2. The summed E-state index contributed by atoms with van der Waals surface area (Å²) in [6.07, 6.45) is 1.47. The van der Waals surface area contributed by atoms with Crippen LogP contribution in [0.2, 0.25) is 0 Å². The zero-order valence-electron chi connectivity index (χ0n) is 14.2. The van der Waals surface area contributed by atoms with Gasteiger partial charge in [0.1, 0.15) is 23.5 Å². The fraction of sp³-hybridized carbons (Fsp3) is 0.182. The molecule has 0 saturated carbocycles. The standard InChI is InChI=1S/C22H19F2NO/c23-17-6-7-19(21(24)13-17)20-12-15(14-4-2-1-3-5-14)10-16-11-18(8-9-25)26-22(16)20/h1-7,10,12-13,18H,8-9,11,25H2. The van der Waals surface area contributed by atoms with Crippen LogP contribution in [0.5, 0.6) is 5.75 Å². The van der Waals surface area contributed by atoms with Crippen LogP contribution in [-0.4, -0.2) is 12.6 Å². The SMILES string of the molecule is NCCC1Cc2cc(-c3ccccc3)cc(-c3ccc(F)cc3F)c2O1. The van der Waals surface area contributed by atoms with Gasteiger partial charge in [0.2, 0.25) is 0 Å². The van der Waals surface area contributed by atoms with Crippen molar-refractivity contribution in [2.45, 2.75) is 18.9 Å². The minimum atomic E-state index is -0.594. The number of fused-ring (bicyclic) bond motifs is 1. The van der Waals surface area contributed by atoms with Gasteiger partial charge in [-0.2, -0.15) is 0 Å². The number of nitrogens with two attached hydrogens (primary N) is 1. The second-order valence-electron chi connectivity index (χ2n) is 6.52. The van der Waals surface area contributed by atoms with Gasteiger partial charge in [-0.25, -0.2) is 8.78 Å². The van der Waals surface area contributed by atoms with Crippen molar-refractivity contribution in [2.75, 3.05) is 6.54 Å². The summed E-state index contributed by atoms with van der Waals surface area (Å²) < 4.78 is 33.9. The summed E-state index contributed by atoms with van der Waals surface area (Å²) in [5.74, 6) is -0.513. The van der Waals surface area contributed by atoms with Crippen molar-refractivity contribution < 1.29 is 13.5 Å². The Kier molecular flexibility index (Phi) is 4.43. The van der Waals surface area contributed by atoms with Gasteiger partial charge in [0.25, 0.3) is 0 Å². The van der Waals surface area contributed by atoms with Crippen molar-refractivity contribution in [3.63, 3.8) is 0 Å². The molecule has 2 nitrogen and oxygen atoms in total. The first-order valence-electron chi connectivity index (χ1n) is 8.70. The van der Waals surface area contributed by atoms with E-state index >= 15 is 0 Å². The second kappa shape index (κ2) is 6.89. The predicted octanol–water partition coefficient (Wildman–Crippen LogP) is 4.95. The second-order valence-corrected chi connectivity index (χ2v) is 6.52. The number of rotatable bonds is 4. The molecule has 2 N–H and O–H groups in total. The summed E-state index contributed by atoms with van der Waals surface area (Å²) in [6, 6.07) is 17.6. The molecule has 1 atom stereocenters. The third-order valence-electron chi connectivity index (χ3n) is 4.72. The van der Waals surface area contributed by atoms with Crippen LogP contribution in [0.25, 0.3) is 22.3 Å². The lowest BCUT2D eigenvalue weighted by Gasteiger charge is -2.14. The molecule has 0 aliphatic carbocycles. The minimum absolute atomic E-state index is 0.0108. The van der Waals surface area contributed by atoms with Crippen molar-refractivity contribution in [1.82, 2.24) is 0 Å². The summed E-state index contributed by atoms with van der Waals surface area (Å²) in [7, 11) is 0. The van der Waals surface area contributed by atoms with Gasteiger partial charge in [-0.3, -0.25) is 0 Å². The van der Waals surface area contributed by atoms with E-state index in [1.54, 1.807) is 0 Å². The molecule has 0 fully saturated rings. The van der Waals surface area contributed by atoms with Crippen LogP contribution in [0.1, 0.15) is 12.0 Å². The van der Waals surface area contributed by atoms with Crippen molar-refractivity contribution in [2.24, 2.45) is 5.73 Å². The predicted molar refractivity (Wildman–Crippen MR) is 99.0 cm³/mol. The fourth-order valence-electron chi connectivity index (χ4n) is 3.49. The number of ether oxygens (including phenoxy) is 1. The van der Waals surface area contributed by atoms with Crippen LogP contribution in [0.3, 0.4) is 0 Å². The molecule has 1 aliphatic heterocycles. The van der Waals surface area contributed by atoms with Crippen LogP contribution in [0.4, 0.5) is 8.78 Å². The van der Waals surface area contributed by atoms with Crippen molar-refractivity contribution in [3.8, 4) is 28.0 Å². The molecule has 1 aliphatic rings. The lowest BCUT2D eigenvalue weighted by molar-refractivity contribution is 0.225. The first kappa shape index (κ1) is 16.7. The monoisotopic (exact) mass is 351 g/mol. The van der Waals surface area contributed by atoms with E-state index < -0.39 is 11.6 Å². The number of hydrogen-bond acceptors (Lipinski definition) is 2. The van der Waals surface area contributed by atoms with E-state index in [0.29, 0.717) is 23.4 Å². The third kappa shape index (κ3) is 3.08. The third-order valence-corrected chi connectivity index (χ3v) is 4.72. The van der Waals surface area contributed by atoms with Crippen LogP contribution in [0.15, 0.2) is 60.7 Å². The highest BCUT2D eigenvalue weighted by Crippen LogP contribution is 2.43. The quantitative estimate of drug-likeness (QED) is 0.722. The van der Waals surface area contributed by atoms with Gasteiger partial charge in [0, 0.05) is 23.6 Å². The molecule has 1 unspecified atom stereocenters. The molecule has 132 valence electrons. The topological polar surface area (TPSA) is 35.2 Å². The maximum absolute atomic E-state index is 14.5. The largest absolute Gasteiger partial charge is 0.489 e. The Labute approximate surface area is 151 Å². The molecule has 0 aromatic heterocycles. The van der Waals surface area contributed by atoms with Crippen LogP contribution in [-0.2, 0) is 6.42 Å². The van der Waals surface area contributed by atoms with E-state index in [1.807, 2.05) is 36.4 Å². The first-order chi connectivity index (χ1) is 12.7. The molecule has 4 heteroatoms. The molecule has 3 aromatic carbocycles. The Hall–Kier alpha value is -2.72. The van der Waals surface area contributed by atoms with Crippen molar-refractivity contribution in [1.29, 1.82) is 0 Å². The Morgan fingerprint density at radius 3 is 2.46 bits per heavy atom. The molecular weight excluding hydrogens is 332 g/mol. The van der Waals surface area contributed by atoms with Gasteiger partial charge < -0.3 is 10.5 Å². The van der Waals surface area contributed by atoms with E-state index in [4.69, 9.17) is 10.5 Å². The molecule has 0 bridgehead atoms. The highest BCUT2D eigenvalue weighted by atomic mass is 19.1. The highest BCUT2D eigenvalue weighted by Gasteiger charge is 2.27. The summed E-state index contributed by atoms with van der Waals surface area (Å²) in [4.78, 5) is 0. The summed E-state index contributed by atoms with van der Waals surface area (Å²) >= 11 is 0. The number of hydrogen-bond donors (Lipinski definition) is 1. The molecule has 1 heterocycles. The molecule has 0 saturated heterocycles. The molecule has 26 heavy (non-hydrogen) atoms. The summed E-state index contributed by atoms with van der Waals surface area (Å²) in [5, 5.41) is 0. The summed E-state index contributed by atoms with van der Waals surface area (Å²) in [5.41, 5.74) is 9.73. The Morgan fingerprint density at radius 2 is 1.73 bits per heavy atom. The number of benzene rings is 3. The smallest absolute Gasteiger partial charge is 0.134 e. The van der Waals surface area contributed by atoms with E-state index in [2.05, 4.69) is 6.07 Å².